The van der Waals surface area contributed by atoms with E-state index in [0.717, 1.165) is 0 Å². The minimum atomic E-state index is -3.63. The first-order valence-electron chi connectivity index (χ1n) is 0.612. The third-order valence-electron chi connectivity index (χ3n) is 0. The van der Waals surface area contributed by atoms with E-state index in [1.165, 1.54) is 0 Å². The van der Waals surface area contributed by atoms with Crippen LogP contribution in [0.1, 0.15) is 0 Å². The standard InChI is InChI=1S/Na.O3Si.Zr/c;1-4(2)3;/q+1;-2;+2. The molecule has 0 unspecified atom stereocenters. The summed E-state index contributed by atoms with van der Waals surface area (Å²) in [5.74, 6) is 0. The van der Waals surface area contributed by atoms with Crippen molar-refractivity contribution >= 4 is 9.17 Å². The summed E-state index contributed by atoms with van der Waals surface area (Å²) < 4.78 is 8.52. The summed E-state index contributed by atoms with van der Waals surface area (Å²) in [6.07, 6.45) is 0. The predicted octanol–water partition coefficient (Wildman–Crippen LogP) is -5.88. The van der Waals surface area contributed by atoms with E-state index in [0.29, 0.717) is 0 Å². The van der Waals surface area contributed by atoms with Crippen molar-refractivity contribution in [2.24, 2.45) is 0 Å². The first-order chi connectivity index (χ1) is 1.73. The number of hydrogen-bond donors (Lipinski definition) is 0. The zero-order valence-electron chi connectivity index (χ0n) is 3.22. The first kappa shape index (κ1) is 15.6. The fraction of sp³-hybridized carbons (Fsp3) is 0. The second-order valence-corrected chi connectivity index (χ2v) is 0.750. The molecule has 0 N–H and O–H groups in total. The Balaban J connectivity index is -0.0000000450. The molecule has 0 fully saturated rings. The van der Waals surface area contributed by atoms with E-state index in [1.54, 1.807) is 0 Å². The van der Waals surface area contributed by atoms with Crippen LogP contribution in [0.4, 0.5) is 0 Å². The van der Waals surface area contributed by atoms with Crippen molar-refractivity contribution in [2.75, 3.05) is 0 Å². The molecule has 0 aliphatic carbocycles. The maximum Gasteiger partial charge on any atom is 2.00 e. The van der Waals surface area contributed by atoms with Gasteiger partial charge in [-0.1, -0.05) is 0 Å². The van der Waals surface area contributed by atoms with Crippen LogP contribution < -0.4 is 39.1 Å². The van der Waals surface area contributed by atoms with Gasteiger partial charge in [-0.15, -0.1) is 0 Å². The maximum atomic E-state index is 8.52. The fourth-order valence-electron chi connectivity index (χ4n) is 0. The first-order valence-corrected chi connectivity index (χ1v) is 1.84. The van der Waals surface area contributed by atoms with Gasteiger partial charge in [-0.05, 0) is 0 Å². The van der Waals surface area contributed by atoms with Gasteiger partial charge in [0.25, 0.3) is 0 Å². The average molecular weight is 190 g/mol. The molecule has 6 heteroatoms. The smallest absolute Gasteiger partial charge is 0.672 e. The minimum absolute atomic E-state index is 0. The molecule has 0 aromatic heterocycles. The van der Waals surface area contributed by atoms with Crippen LogP contribution in [-0.2, 0) is 30.7 Å². The molecule has 0 atom stereocenters. The Morgan fingerprint density at radius 1 is 1.33 bits per heavy atom. The van der Waals surface area contributed by atoms with E-state index in [9.17, 15) is 0 Å². The van der Waals surface area contributed by atoms with Crippen LogP contribution >= 0.6 is 0 Å². The molecule has 0 aromatic rings. The van der Waals surface area contributed by atoms with Crippen LogP contribution in [0.3, 0.4) is 0 Å². The topological polar surface area (TPSA) is 63.2 Å². The van der Waals surface area contributed by atoms with Gasteiger partial charge in [0.2, 0.25) is 0 Å². The predicted molar refractivity (Wildman–Crippen MR) is 6.44 cm³/mol. The molecule has 0 saturated carbocycles. The molecule has 0 radical (unpaired) electrons. The average Bonchev–Trinajstić information content (AvgIpc) is 0.811. The summed E-state index contributed by atoms with van der Waals surface area (Å²) in [6, 6.07) is 0. The molecular weight excluding hydrogens is 190 g/mol. The molecule has 0 amide bonds. The Kier molecular flexibility index (Phi) is 25.3. The van der Waals surface area contributed by atoms with Crippen LogP contribution in [0.15, 0.2) is 0 Å². The maximum absolute atomic E-state index is 8.52. The summed E-state index contributed by atoms with van der Waals surface area (Å²) in [5, 5.41) is 0. The van der Waals surface area contributed by atoms with Gasteiger partial charge in [0.05, 0.1) is 0 Å². The Morgan fingerprint density at radius 3 is 1.33 bits per heavy atom. The van der Waals surface area contributed by atoms with Gasteiger partial charge in [0.15, 0.2) is 0 Å². The Morgan fingerprint density at radius 2 is 1.33 bits per heavy atom. The molecule has 0 bridgehead atoms. The van der Waals surface area contributed by atoms with Crippen molar-refractivity contribution in [3.8, 4) is 0 Å². The molecule has 0 aliphatic heterocycles. The Hall–Kier alpha value is 1.50. The normalized spacial score (nSPS) is 4.00. The zero-order chi connectivity index (χ0) is 3.58. The molecule has 6 heavy (non-hydrogen) atoms. The third kappa shape index (κ3) is 49.5. The van der Waals surface area contributed by atoms with Crippen molar-refractivity contribution in [2.45, 2.75) is 0 Å². The van der Waals surface area contributed by atoms with Crippen LogP contribution in [0.5, 0.6) is 0 Å². The van der Waals surface area contributed by atoms with E-state index in [2.05, 4.69) is 0 Å². The molecule has 26 valence electrons. The monoisotopic (exact) mass is 189 g/mol. The van der Waals surface area contributed by atoms with Gasteiger partial charge in [-0.2, -0.15) is 0 Å². The minimum Gasteiger partial charge on any atom is -0.672 e. The Labute approximate surface area is 78.1 Å². The van der Waals surface area contributed by atoms with Gasteiger partial charge in [0.1, 0.15) is 0 Å². The molecule has 3 nitrogen and oxygen atoms in total. The van der Waals surface area contributed by atoms with Crippen molar-refractivity contribution < 1.29 is 69.8 Å². The molecule has 0 aliphatic rings. The summed E-state index contributed by atoms with van der Waals surface area (Å²) in [6.45, 7) is 0. The SMILES string of the molecule is O=[Si]([O-])[O-].[Na+].[Zr+2]. The van der Waals surface area contributed by atoms with Crippen molar-refractivity contribution in [1.29, 1.82) is 0 Å². The van der Waals surface area contributed by atoms with E-state index < -0.39 is 9.17 Å². The zero-order valence-corrected chi connectivity index (χ0v) is 8.68. The summed E-state index contributed by atoms with van der Waals surface area (Å²) in [4.78, 5) is 17.0. The number of hydrogen-bond acceptors (Lipinski definition) is 3. The van der Waals surface area contributed by atoms with Crippen molar-refractivity contribution in [3.05, 3.63) is 0 Å². The molecule has 0 saturated heterocycles. The molecular formula is NaO3SiZr+. The summed E-state index contributed by atoms with van der Waals surface area (Å²) in [7, 11) is -3.63. The molecule has 0 rings (SSSR count). The quantitative estimate of drug-likeness (QED) is 0.357. The summed E-state index contributed by atoms with van der Waals surface area (Å²) in [5.41, 5.74) is 0. The van der Waals surface area contributed by atoms with Gasteiger partial charge in [-0.25, -0.2) is 0 Å². The fourth-order valence-corrected chi connectivity index (χ4v) is 0. The van der Waals surface area contributed by atoms with Crippen LogP contribution in [0.2, 0.25) is 0 Å². The van der Waals surface area contributed by atoms with Crippen LogP contribution in [0, 0.1) is 0 Å². The molecule has 0 spiro atoms. The Bertz CT molecular complexity index is 33.8. The second kappa shape index (κ2) is 9.71. The summed E-state index contributed by atoms with van der Waals surface area (Å²) >= 11 is 0. The third-order valence-corrected chi connectivity index (χ3v) is 0. The van der Waals surface area contributed by atoms with Crippen LogP contribution in [0.25, 0.3) is 0 Å². The van der Waals surface area contributed by atoms with E-state index >= 15 is 0 Å². The molecule has 0 aromatic carbocycles. The second-order valence-electron chi connectivity index (χ2n) is 0.250. The number of rotatable bonds is 0. The van der Waals surface area contributed by atoms with E-state index in [-0.39, 0.29) is 55.8 Å². The van der Waals surface area contributed by atoms with Gasteiger partial charge in [0, 0.05) is 9.17 Å². The van der Waals surface area contributed by atoms with Crippen molar-refractivity contribution in [3.63, 3.8) is 0 Å². The van der Waals surface area contributed by atoms with Crippen LogP contribution in [-0.4, -0.2) is 9.17 Å². The van der Waals surface area contributed by atoms with Gasteiger partial charge >= 0.3 is 55.8 Å². The van der Waals surface area contributed by atoms with Gasteiger partial charge < -0.3 is 14.1 Å². The van der Waals surface area contributed by atoms with Gasteiger partial charge in [-0.3, -0.25) is 0 Å². The van der Waals surface area contributed by atoms with E-state index in [1.807, 2.05) is 0 Å². The van der Waals surface area contributed by atoms with Crippen molar-refractivity contribution in [1.82, 2.24) is 0 Å². The largest absolute Gasteiger partial charge is 2.00 e. The van der Waals surface area contributed by atoms with E-state index in [4.69, 9.17) is 14.1 Å². The molecule has 0 heterocycles.